The minimum atomic E-state index is -0.889. The first-order valence-corrected chi connectivity index (χ1v) is 1.79. The van der Waals surface area contributed by atoms with Crippen LogP contribution < -0.4 is 0 Å². The van der Waals surface area contributed by atoms with Crippen LogP contribution >= 0.6 is 23.2 Å². The highest BCUT2D eigenvalue weighted by atomic mass is 35.5. The Hall–Kier alpha value is -0.370. The fraction of sp³-hybridized carbons (Fsp3) is 0. The quantitative estimate of drug-likeness (QED) is 0.316. The fourth-order valence-electron chi connectivity index (χ4n) is 0. The molecule has 7 heavy (non-hydrogen) atoms. The van der Waals surface area contributed by atoms with E-state index in [2.05, 4.69) is 23.2 Å². The molecule has 0 amide bonds. The summed E-state index contributed by atoms with van der Waals surface area (Å²) in [6.45, 7) is 0. The van der Waals surface area contributed by atoms with Crippen LogP contribution in [0.1, 0.15) is 0 Å². The lowest BCUT2D eigenvalue weighted by Crippen LogP contribution is -1.46. The highest BCUT2D eigenvalue weighted by Crippen LogP contribution is 1.84. The summed E-state index contributed by atoms with van der Waals surface area (Å²) in [6, 6.07) is 0. The van der Waals surface area contributed by atoms with Crippen LogP contribution in [0.2, 0.25) is 0 Å². The Morgan fingerprint density at radius 2 is 1.57 bits per heavy atom. The molecule has 0 aliphatic heterocycles. The van der Waals surface area contributed by atoms with Crippen molar-refractivity contribution in [2.75, 3.05) is 0 Å². The molecule has 0 atom stereocenters. The second-order valence-corrected chi connectivity index (χ2v) is 1.21. The summed E-state index contributed by atoms with van der Waals surface area (Å²) in [6.07, 6.45) is 0.750. The molecule has 0 rings (SSSR count). The van der Waals surface area contributed by atoms with Crippen molar-refractivity contribution < 1.29 is 9.59 Å². The highest BCUT2D eigenvalue weighted by molar-refractivity contribution is 6.93. The molecule has 0 unspecified atom stereocenters. The summed E-state index contributed by atoms with van der Waals surface area (Å²) >= 11 is 8.80. The lowest BCUT2D eigenvalue weighted by molar-refractivity contribution is 0.275. The van der Waals surface area contributed by atoms with Gasteiger partial charge in [0.15, 0.2) is 0 Å². The van der Waals surface area contributed by atoms with E-state index < -0.39 is 4.70 Å². The predicted molar refractivity (Wildman–Crippen MR) is 25.5 cm³/mol. The highest BCUT2D eigenvalue weighted by Gasteiger charge is 1.72. The summed E-state index contributed by atoms with van der Waals surface area (Å²) in [4.78, 5) is 17.3. The van der Waals surface area contributed by atoms with Gasteiger partial charge in [-0.1, -0.05) is 0 Å². The Labute approximate surface area is 49.7 Å². The van der Waals surface area contributed by atoms with Crippen molar-refractivity contribution in [2.45, 2.75) is 0 Å². The van der Waals surface area contributed by atoms with Crippen LogP contribution in [0.15, 0.2) is 0 Å². The Kier molecular flexibility index (Phi) is 12.8. The first kappa shape index (κ1) is 9.80. The van der Waals surface area contributed by atoms with E-state index in [1.807, 2.05) is 0 Å². The zero-order chi connectivity index (χ0) is 6.28. The average molecular weight is 142 g/mol. The molecule has 0 spiro atoms. The zero-order valence-corrected chi connectivity index (χ0v) is 4.58. The van der Waals surface area contributed by atoms with E-state index in [1.165, 1.54) is 0 Å². The Balaban J connectivity index is 0. The molecule has 0 radical (unpaired) electrons. The summed E-state index contributed by atoms with van der Waals surface area (Å²) in [5.41, 5.74) is 0. The van der Waals surface area contributed by atoms with Crippen LogP contribution in [0.5, 0.6) is 0 Å². The SMILES string of the molecule is N=C=O.O=C(Cl)Cl. The maximum absolute atomic E-state index is 8.98. The maximum Gasteiger partial charge on any atom is 0.313 e. The summed E-state index contributed by atoms with van der Waals surface area (Å²) in [5, 5.41) is 5.40. The Bertz CT molecular complexity index is 81.7. The van der Waals surface area contributed by atoms with Gasteiger partial charge in [-0.05, 0) is 23.2 Å². The number of hydrogen-bond acceptors (Lipinski definition) is 3. The number of rotatable bonds is 0. The monoisotopic (exact) mass is 141 g/mol. The van der Waals surface area contributed by atoms with Crippen molar-refractivity contribution in [3.63, 3.8) is 0 Å². The molecule has 0 aromatic heterocycles. The van der Waals surface area contributed by atoms with E-state index in [1.54, 1.807) is 0 Å². The van der Waals surface area contributed by atoms with Gasteiger partial charge in [0.1, 0.15) is 0 Å². The van der Waals surface area contributed by atoms with Gasteiger partial charge in [-0.15, -0.1) is 0 Å². The molecule has 0 aromatic rings. The van der Waals surface area contributed by atoms with E-state index in [9.17, 15) is 0 Å². The molecule has 3 nitrogen and oxygen atoms in total. The van der Waals surface area contributed by atoms with Crippen molar-refractivity contribution in [1.82, 2.24) is 0 Å². The van der Waals surface area contributed by atoms with Crippen molar-refractivity contribution in [2.24, 2.45) is 0 Å². The van der Waals surface area contributed by atoms with Crippen LogP contribution in [-0.2, 0) is 4.79 Å². The zero-order valence-electron chi connectivity index (χ0n) is 3.07. The smallest absolute Gasteiger partial charge is 0.262 e. The van der Waals surface area contributed by atoms with Crippen LogP contribution in [0, 0.1) is 5.41 Å². The number of halogens is 2. The van der Waals surface area contributed by atoms with Gasteiger partial charge >= 0.3 is 4.70 Å². The lowest BCUT2D eigenvalue weighted by Gasteiger charge is -1.48. The predicted octanol–water partition coefficient (Wildman–Crippen LogP) is 1.48. The second-order valence-electron chi connectivity index (χ2n) is 0.328. The van der Waals surface area contributed by atoms with Gasteiger partial charge in [0.2, 0.25) is 6.08 Å². The van der Waals surface area contributed by atoms with Crippen molar-refractivity contribution in [3.05, 3.63) is 0 Å². The third-order valence-corrected chi connectivity index (χ3v) is 0. The summed E-state index contributed by atoms with van der Waals surface area (Å²) < 4.78 is -0.889. The minimum Gasteiger partial charge on any atom is -0.262 e. The third kappa shape index (κ3) is 542. The molecule has 0 saturated carbocycles. The van der Waals surface area contributed by atoms with E-state index in [-0.39, 0.29) is 0 Å². The summed E-state index contributed by atoms with van der Waals surface area (Å²) in [7, 11) is 0. The number of carbonyl (C=O) groups excluding carboxylic acids is 2. The molecule has 0 fully saturated rings. The molecule has 0 aliphatic carbocycles. The lowest BCUT2D eigenvalue weighted by atomic mass is 11.7. The molecule has 0 heterocycles. The van der Waals surface area contributed by atoms with Crippen LogP contribution in [0.3, 0.4) is 0 Å². The van der Waals surface area contributed by atoms with Crippen LogP contribution in [0.25, 0.3) is 0 Å². The van der Waals surface area contributed by atoms with Gasteiger partial charge < -0.3 is 0 Å². The van der Waals surface area contributed by atoms with Gasteiger partial charge in [0.25, 0.3) is 0 Å². The average Bonchev–Trinajstić information content (AvgIpc) is 1.33. The largest absolute Gasteiger partial charge is 0.313 e. The second kappa shape index (κ2) is 9.16. The van der Waals surface area contributed by atoms with Gasteiger partial charge in [0, 0.05) is 0 Å². The normalized spacial score (nSPS) is 4.86. The van der Waals surface area contributed by atoms with E-state index >= 15 is 0 Å². The molecule has 5 heteroatoms. The fourth-order valence-corrected chi connectivity index (χ4v) is 0. The molecule has 1 N–H and O–H groups in total. The maximum atomic E-state index is 8.98. The molecule has 0 aliphatic rings. The number of nitrogens with one attached hydrogen (secondary N) is 1. The number of isocyanates is 1. The standard InChI is InChI=1S/CCl2O.CHNO/c2-1(3)4;2-1-3/h;2H. The number of hydrogen-bond donors (Lipinski definition) is 1. The Morgan fingerprint density at radius 3 is 1.57 bits per heavy atom. The topological polar surface area (TPSA) is 58.0 Å². The molecule has 0 bridgehead atoms. The van der Waals surface area contributed by atoms with E-state index in [0.29, 0.717) is 0 Å². The molecular weight excluding hydrogens is 141 g/mol. The van der Waals surface area contributed by atoms with Crippen molar-refractivity contribution >= 4 is 34.0 Å². The molecule has 0 saturated heterocycles. The number of carbonyl (C=O) groups is 1. The van der Waals surface area contributed by atoms with Crippen LogP contribution in [-0.4, -0.2) is 10.8 Å². The minimum absolute atomic E-state index is 0.750. The Morgan fingerprint density at radius 1 is 1.57 bits per heavy atom. The van der Waals surface area contributed by atoms with Crippen molar-refractivity contribution in [1.29, 1.82) is 5.41 Å². The molecule has 0 aromatic carbocycles. The van der Waals surface area contributed by atoms with Gasteiger partial charge in [-0.2, -0.15) is 0 Å². The summed E-state index contributed by atoms with van der Waals surface area (Å²) in [5.74, 6) is 0. The van der Waals surface area contributed by atoms with Gasteiger partial charge in [0.05, 0.1) is 0 Å². The van der Waals surface area contributed by atoms with E-state index in [4.69, 9.17) is 15.0 Å². The van der Waals surface area contributed by atoms with Gasteiger partial charge in [-0.25, -0.2) is 10.2 Å². The first-order chi connectivity index (χ1) is 3.15. The first-order valence-electron chi connectivity index (χ1n) is 1.04. The van der Waals surface area contributed by atoms with Crippen molar-refractivity contribution in [3.8, 4) is 0 Å². The molecule has 40 valence electrons. The van der Waals surface area contributed by atoms with E-state index in [0.717, 1.165) is 6.08 Å². The third-order valence-electron chi connectivity index (χ3n) is 0. The molecular formula is C2HCl2NO2. The van der Waals surface area contributed by atoms with Crippen LogP contribution in [0.4, 0.5) is 4.79 Å². The van der Waals surface area contributed by atoms with Gasteiger partial charge in [-0.3, -0.25) is 4.79 Å².